The Bertz CT molecular complexity index is 913. The molecule has 1 saturated heterocycles. The predicted molar refractivity (Wildman–Crippen MR) is 106 cm³/mol. The number of halogens is 6. The maximum Gasteiger partial charge on any atom is 0.416 e. The number of carbonyl (C=O) groups excluding carboxylic acids is 1. The van der Waals surface area contributed by atoms with Crippen LogP contribution in [-0.4, -0.2) is 41.4 Å². The van der Waals surface area contributed by atoms with Crippen LogP contribution in [0.25, 0.3) is 0 Å². The molecule has 2 aromatic rings. The van der Waals surface area contributed by atoms with Crippen molar-refractivity contribution >= 4 is 5.91 Å². The number of amides is 1. The molecule has 0 aromatic heterocycles. The molecule has 3 rings (SSSR count). The minimum absolute atomic E-state index is 0.0737. The van der Waals surface area contributed by atoms with E-state index in [4.69, 9.17) is 5.73 Å². The molecule has 0 spiro atoms. The van der Waals surface area contributed by atoms with Crippen LogP contribution >= 0.6 is 0 Å². The van der Waals surface area contributed by atoms with Gasteiger partial charge in [-0.15, -0.1) is 0 Å². The molecule has 32 heavy (non-hydrogen) atoms. The summed E-state index contributed by atoms with van der Waals surface area (Å²) in [4.78, 5) is 15.5. The van der Waals surface area contributed by atoms with E-state index in [2.05, 4.69) is 0 Å². The summed E-state index contributed by atoms with van der Waals surface area (Å²) in [7, 11) is 0. The van der Waals surface area contributed by atoms with Crippen molar-refractivity contribution in [1.82, 2.24) is 9.80 Å². The predicted octanol–water partition coefficient (Wildman–Crippen LogP) is 4.46. The average Bonchev–Trinajstić information content (AvgIpc) is 2.72. The Balaban J connectivity index is 1.89. The highest BCUT2D eigenvalue weighted by Gasteiger charge is 2.38. The van der Waals surface area contributed by atoms with Gasteiger partial charge in [0.15, 0.2) is 0 Å². The number of hydrogen-bond donors (Lipinski definition) is 1. The standard InChI is InChI=1S/C22H23F6N3O/c1-14(20(29)32)31-8-7-30(13-19(31)16-5-3-2-4-6-16)12-15-9-17(21(23,24)25)11-18(10-15)22(26,27)28/h2-6,9-11,14,19H,7-8,12-13H2,1H3,(H2,29,32). The van der Waals surface area contributed by atoms with E-state index in [9.17, 15) is 31.1 Å². The van der Waals surface area contributed by atoms with Gasteiger partial charge in [0.1, 0.15) is 0 Å². The largest absolute Gasteiger partial charge is 0.416 e. The van der Waals surface area contributed by atoms with E-state index >= 15 is 0 Å². The fourth-order valence-electron chi connectivity index (χ4n) is 3.96. The Morgan fingerprint density at radius 2 is 1.56 bits per heavy atom. The van der Waals surface area contributed by atoms with Crippen molar-refractivity contribution < 1.29 is 31.1 Å². The monoisotopic (exact) mass is 459 g/mol. The summed E-state index contributed by atoms with van der Waals surface area (Å²) < 4.78 is 79.1. The highest BCUT2D eigenvalue weighted by atomic mass is 19.4. The Hall–Kier alpha value is -2.59. The van der Waals surface area contributed by atoms with Crippen LogP contribution in [0.15, 0.2) is 48.5 Å². The fourth-order valence-corrected chi connectivity index (χ4v) is 3.96. The molecular weight excluding hydrogens is 436 g/mol. The molecule has 4 nitrogen and oxygen atoms in total. The van der Waals surface area contributed by atoms with Crippen LogP contribution in [0.4, 0.5) is 26.3 Å². The summed E-state index contributed by atoms with van der Waals surface area (Å²) in [5.41, 5.74) is 3.62. The zero-order valence-corrected chi connectivity index (χ0v) is 17.2. The summed E-state index contributed by atoms with van der Waals surface area (Å²) in [6.07, 6.45) is -9.78. The van der Waals surface area contributed by atoms with Gasteiger partial charge in [-0.05, 0) is 36.2 Å². The lowest BCUT2D eigenvalue weighted by Crippen LogP contribution is -2.54. The number of piperazine rings is 1. The molecule has 0 radical (unpaired) electrons. The molecule has 2 N–H and O–H groups in total. The molecule has 10 heteroatoms. The van der Waals surface area contributed by atoms with Crippen molar-refractivity contribution in [2.24, 2.45) is 5.73 Å². The molecule has 0 aliphatic carbocycles. The molecule has 174 valence electrons. The summed E-state index contributed by atoms with van der Waals surface area (Å²) in [5, 5.41) is 0. The number of alkyl halides is 6. The molecule has 2 atom stereocenters. The third-order valence-corrected chi connectivity index (χ3v) is 5.65. The maximum atomic E-state index is 13.2. The van der Waals surface area contributed by atoms with Crippen LogP contribution in [0.3, 0.4) is 0 Å². The lowest BCUT2D eigenvalue weighted by atomic mass is 9.99. The van der Waals surface area contributed by atoms with Gasteiger partial charge in [-0.3, -0.25) is 14.6 Å². The zero-order chi connectivity index (χ0) is 23.7. The van der Waals surface area contributed by atoms with E-state index in [1.807, 2.05) is 35.2 Å². The molecule has 1 heterocycles. The minimum atomic E-state index is -4.89. The highest BCUT2D eigenvalue weighted by Crippen LogP contribution is 2.37. The van der Waals surface area contributed by atoms with Crippen molar-refractivity contribution in [3.8, 4) is 0 Å². The second kappa shape index (κ2) is 9.11. The van der Waals surface area contributed by atoms with Crippen LogP contribution in [0.2, 0.25) is 0 Å². The SMILES string of the molecule is CC(C(N)=O)N1CCN(Cc2cc(C(F)(F)F)cc(C(F)(F)F)c2)CC1c1ccccc1. The quantitative estimate of drug-likeness (QED) is 0.672. The lowest BCUT2D eigenvalue weighted by molar-refractivity contribution is -0.143. The second-order valence-electron chi connectivity index (χ2n) is 7.89. The van der Waals surface area contributed by atoms with Gasteiger partial charge in [-0.25, -0.2) is 0 Å². The number of primary amides is 1. The van der Waals surface area contributed by atoms with Crippen LogP contribution in [0.1, 0.15) is 35.2 Å². The fraction of sp³-hybridized carbons (Fsp3) is 0.409. The Morgan fingerprint density at radius 3 is 2.06 bits per heavy atom. The third-order valence-electron chi connectivity index (χ3n) is 5.65. The number of carbonyl (C=O) groups is 1. The van der Waals surface area contributed by atoms with Crippen molar-refractivity contribution in [3.63, 3.8) is 0 Å². The molecule has 1 fully saturated rings. The van der Waals surface area contributed by atoms with Crippen molar-refractivity contribution in [2.45, 2.75) is 37.9 Å². The van der Waals surface area contributed by atoms with Crippen LogP contribution < -0.4 is 5.73 Å². The average molecular weight is 459 g/mol. The summed E-state index contributed by atoms with van der Waals surface area (Å²) in [6, 6.07) is 9.97. The molecule has 1 aliphatic rings. The smallest absolute Gasteiger partial charge is 0.368 e. The Morgan fingerprint density at radius 1 is 1.00 bits per heavy atom. The maximum absolute atomic E-state index is 13.2. The van der Waals surface area contributed by atoms with E-state index in [1.165, 1.54) is 0 Å². The highest BCUT2D eigenvalue weighted by molar-refractivity contribution is 5.79. The van der Waals surface area contributed by atoms with E-state index in [-0.39, 0.29) is 24.2 Å². The second-order valence-corrected chi connectivity index (χ2v) is 7.89. The summed E-state index contributed by atoms with van der Waals surface area (Å²) in [5.74, 6) is -0.507. The Labute approximate surface area is 181 Å². The lowest BCUT2D eigenvalue weighted by Gasteiger charge is -2.43. The zero-order valence-electron chi connectivity index (χ0n) is 17.2. The molecular formula is C22H23F6N3O. The number of rotatable bonds is 5. The first kappa shape index (κ1) is 24.1. The normalized spacial score (nSPS) is 19.7. The summed E-state index contributed by atoms with van der Waals surface area (Å²) >= 11 is 0. The van der Waals surface area contributed by atoms with Gasteiger partial charge in [0.2, 0.25) is 5.91 Å². The van der Waals surface area contributed by atoms with Gasteiger partial charge in [0.25, 0.3) is 0 Å². The van der Waals surface area contributed by atoms with Gasteiger partial charge >= 0.3 is 12.4 Å². The number of nitrogens with zero attached hydrogens (tertiary/aromatic N) is 2. The molecule has 1 aliphatic heterocycles. The first-order chi connectivity index (χ1) is 14.9. The van der Waals surface area contributed by atoms with Gasteiger partial charge in [-0.1, -0.05) is 30.3 Å². The molecule has 2 unspecified atom stereocenters. The first-order valence-corrected chi connectivity index (χ1v) is 9.97. The van der Waals surface area contributed by atoms with Gasteiger partial charge in [-0.2, -0.15) is 26.3 Å². The van der Waals surface area contributed by atoms with Crippen molar-refractivity contribution in [2.75, 3.05) is 19.6 Å². The van der Waals surface area contributed by atoms with Crippen molar-refractivity contribution in [3.05, 3.63) is 70.8 Å². The van der Waals surface area contributed by atoms with E-state index < -0.39 is 35.4 Å². The minimum Gasteiger partial charge on any atom is -0.368 e. The van der Waals surface area contributed by atoms with Crippen LogP contribution in [0, 0.1) is 0 Å². The molecule has 0 bridgehead atoms. The third kappa shape index (κ3) is 5.60. The molecule has 2 aromatic carbocycles. The van der Waals surface area contributed by atoms with Gasteiger partial charge in [0.05, 0.1) is 17.2 Å². The Kier molecular flexibility index (Phi) is 6.85. The van der Waals surface area contributed by atoms with E-state index in [0.29, 0.717) is 19.6 Å². The summed E-state index contributed by atoms with van der Waals surface area (Å²) in [6.45, 7) is 2.65. The van der Waals surface area contributed by atoms with Crippen LogP contribution in [0.5, 0.6) is 0 Å². The van der Waals surface area contributed by atoms with E-state index in [0.717, 1.165) is 17.7 Å². The number of nitrogens with two attached hydrogens (primary N) is 1. The first-order valence-electron chi connectivity index (χ1n) is 9.97. The van der Waals surface area contributed by atoms with Gasteiger partial charge < -0.3 is 5.73 Å². The molecule has 0 saturated carbocycles. The molecule has 1 amide bonds. The number of hydrogen-bond acceptors (Lipinski definition) is 3. The van der Waals surface area contributed by atoms with Crippen molar-refractivity contribution in [1.29, 1.82) is 0 Å². The van der Waals surface area contributed by atoms with Crippen LogP contribution in [-0.2, 0) is 23.7 Å². The topological polar surface area (TPSA) is 49.6 Å². The number of benzene rings is 2. The van der Waals surface area contributed by atoms with E-state index in [1.54, 1.807) is 11.8 Å². The van der Waals surface area contributed by atoms with Gasteiger partial charge in [0, 0.05) is 32.2 Å².